The summed E-state index contributed by atoms with van der Waals surface area (Å²) in [5.41, 5.74) is -0.471. The average Bonchev–Trinajstić information content (AvgIpc) is 2.40. The molecule has 0 saturated carbocycles. The fourth-order valence-corrected chi connectivity index (χ4v) is 2.20. The van der Waals surface area contributed by atoms with Gasteiger partial charge in [-0.1, -0.05) is 27.4 Å². The first kappa shape index (κ1) is 21.6. The van der Waals surface area contributed by atoms with Gasteiger partial charge in [0.15, 0.2) is 12.4 Å². The number of ether oxygens (including phenoxy) is 1. The number of hydrogen-bond donors (Lipinski definition) is 2. The van der Waals surface area contributed by atoms with Crippen molar-refractivity contribution in [2.24, 2.45) is 5.41 Å². The fraction of sp³-hybridized carbons (Fsp3) is 0.778. The monoisotopic (exact) mass is 326 g/mol. The zero-order valence-corrected chi connectivity index (χ0v) is 15.6. The van der Waals surface area contributed by atoms with E-state index in [0.717, 1.165) is 19.3 Å². The fourth-order valence-electron chi connectivity index (χ4n) is 2.20. The summed E-state index contributed by atoms with van der Waals surface area (Å²) >= 11 is 0. The molecular formula is C18H34N2O3. The average molecular weight is 326 g/mol. The number of carbonyl (C=O) groups excluding carboxylic acids is 2. The minimum Gasteiger partial charge on any atom is -0.492 e. The standard InChI is InChI=1S/C18H34N2O3/c1-8-23-13-15(21)19-12-10-9-11-14(20-18(5,6)7)16(22)17(2,3)4/h8,14,20H,1,9-13H2,2-7H3,(H,19,21)/t14-/m0/s1. The van der Waals surface area contributed by atoms with Crippen LogP contribution in [-0.4, -0.2) is 36.4 Å². The number of hydrogen-bond acceptors (Lipinski definition) is 4. The summed E-state index contributed by atoms with van der Waals surface area (Å²) < 4.78 is 4.81. The van der Waals surface area contributed by atoms with Gasteiger partial charge in [-0.3, -0.25) is 9.59 Å². The Morgan fingerprint density at radius 2 is 1.74 bits per heavy atom. The van der Waals surface area contributed by atoms with Crippen LogP contribution in [0.2, 0.25) is 0 Å². The molecule has 0 aliphatic heterocycles. The van der Waals surface area contributed by atoms with Crippen molar-refractivity contribution in [1.29, 1.82) is 0 Å². The second kappa shape index (κ2) is 9.71. The van der Waals surface area contributed by atoms with E-state index in [1.54, 1.807) is 0 Å². The van der Waals surface area contributed by atoms with Gasteiger partial charge in [-0.25, -0.2) is 0 Å². The van der Waals surface area contributed by atoms with Gasteiger partial charge >= 0.3 is 0 Å². The molecule has 0 aliphatic carbocycles. The summed E-state index contributed by atoms with van der Waals surface area (Å²) in [5, 5.41) is 6.20. The van der Waals surface area contributed by atoms with E-state index in [-0.39, 0.29) is 35.3 Å². The quantitative estimate of drug-likeness (QED) is 0.478. The number of rotatable bonds is 10. The van der Waals surface area contributed by atoms with Gasteiger partial charge in [-0.15, -0.1) is 0 Å². The van der Waals surface area contributed by atoms with Crippen LogP contribution in [0, 0.1) is 5.41 Å². The lowest BCUT2D eigenvalue weighted by Crippen LogP contribution is -2.50. The third-order valence-corrected chi connectivity index (χ3v) is 3.24. The molecule has 0 bridgehead atoms. The number of unbranched alkanes of at least 4 members (excludes halogenated alkanes) is 1. The summed E-state index contributed by atoms with van der Waals surface area (Å²) in [5.74, 6) is 0.0795. The highest BCUT2D eigenvalue weighted by atomic mass is 16.5. The number of Topliss-reactive ketones (excluding diaryl/α,β-unsaturated/α-hetero) is 1. The second-order valence-corrected chi connectivity index (χ2v) is 7.88. The predicted octanol–water partition coefficient (Wildman–Crippen LogP) is 2.80. The number of carbonyl (C=O) groups is 2. The van der Waals surface area contributed by atoms with Gasteiger partial charge in [0.05, 0.1) is 12.3 Å². The van der Waals surface area contributed by atoms with Crippen molar-refractivity contribution in [3.05, 3.63) is 12.8 Å². The van der Waals surface area contributed by atoms with E-state index in [1.165, 1.54) is 6.26 Å². The molecule has 0 aromatic heterocycles. The lowest BCUT2D eigenvalue weighted by Gasteiger charge is -2.31. The van der Waals surface area contributed by atoms with Gasteiger partial charge in [0.2, 0.25) is 0 Å². The molecule has 0 aromatic rings. The Hall–Kier alpha value is -1.36. The van der Waals surface area contributed by atoms with Gasteiger partial charge < -0.3 is 15.4 Å². The SMILES string of the molecule is C=COCC(=O)NCCCC[C@H](NC(C)(C)C)C(=O)C(C)(C)C. The van der Waals surface area contributed by atoms with E-state index in [4.69, 9.17) is 4.74 Å². The van der Waals surface area contributed by atoms with Crippen LogP contribution < -0.4 is 10.6 Å². The van der Waals surface area contributed by atoms with E-state index in [0.29, 0.717) is 6.54 Å². The van der Waals surface area contributed by atoms with Crippen LogP contribution in [0.1, 0.15) is 60.8 Å². The van der Waals surface area contributed by atoms with Gasteiger partial charge in [0.1, 0.15) is 0 Å². The Kier molecular flexibility index (Phi) is 9.13. The van der Waals surface area contributed by atoms with E-state index in [9.17, 15) is 9.59 Å². The molecule has 0 rings (SSSR count). The second-order valence-electron chi connectivity index (χ2n) is 7.88. The molecule has 23 heavy (non-hydrogen) atoms. The molecule has 134 valence electrons. The molecule has 1 amide bonds. The first-order valence-electron chi connectivity index (χ1n) is 8.28. The molecule has 0 spiro atoms. The Labute approximate surface area is 141 Å². The zero-order valence-electron chi connectivity index (χ0n) is 15.6. The molecule has 5 nitrogen and oxygen atoms in total. The minimum atomic E-state index is -0.362. The highest BCUT2D eigenvalue weighted by Gasteiger charge is 2.31. The van der Waals surface area contributed by atoms with Crippen LogP contribution in [0.4, 0.5) is 0 Å². The number of ketones is 1. The first-order chi connectivity index (χ1) is 10.5. The van der Waals surface area contributed by atoms with Crippen molar-refractivity contribution in [2.75, 3.05) is 13.2 Å². The predicted molar refractivity (Wildman–Crippen MR) is 94.1 cm³/mol. The molecule has 0 unspecified atom stereocenters. The van der Waals surface area contributed by atoms with Crippen molar-refractivity contribution in [2.45, 2.75) is 72.4 Å². The molecule has 5 heteroatoms. The summed E-state index contributed by atoms with van der Waals surface area (Å²) in [7, 11) is 0. The first-order valence-corrected chi connectivity index (χ1v) is 8.28. The molecule has 0 aliphatic rings. The summed E-state index contributed by atoms with van der Waals surface area (Å²) in [6.07, 6.45) is 3.73. The van der Waals surface area contributed by atoms with Crippen molar-refractivity contribution >= 4 is 11.7 Å². The Morgan fingerprint density at radius 3 is 2.22 bits per heavy atom. The lowest BCUT2D eigenvalue weighted by atomic mass is 9.84. The Balaban J connectivity index is 4.28. The van der Waals surface area contributed by atoms with Crippen molar-refractivity contribution < 1.29 is 14.3 Å². The smallest absolute Gasteiger partial charge is 0.257 e. The molecule has 0 radical (unpaired) electrons. The molecule has 0 saturated heterocycles. The van der Waals surface area contributed by atoms with Crippen LogP contribution in [-0.2, 0) is 14.3 Å². The van der Waals surface area contributed by atoms with Crippen molar-refractivity contribution in [3.8, 4) is 0 Å². The maximum absolute atomic E-state index is 12.6. The molecular weight excluding hydrogens is 292 g/mol. The molecule has 0 fully saturated rings. The maximum atomic E-state index is 12.6. The van der Waals surface area contributed by atoms with E-state index >= 15 is 0 Å². The molecule has 1 atom stereocenters. The lowest BCUT2D eigenvalue weighted by molar-refractivity contribution is -0.129. The van der Waals surface area contributed by atoms with Gasteiger partial charge in [0, 0.05) is 17.5 Å². The van der Waals surface area contributed by atoms with Crippen molar-refractivity contribution in [1.82, 2.24) is 10.6 Å². The van der Waals surface area contributed by atoms with Crippen LogP contribution >= 0.6 is 0 Å². The highest BCUT2D eigenvalue weighted by molar-refractivity contribution is 5.88. The summed E-state index contributed by atoms with van der Waals surface area (Å²) in [6.45, 7) is 16.0. The molecule has 0 heterocycles. The zero-order chi connectivity index (χ0) is 18.1. The van der Waals surface area contributed by atoms with E-state index < -0.39 is 0 Å². The van der Waals surface area contributed by atoms with Gasteiger partial charge in [0.25, 0.3) is 5.91 Å². The number of nitrogens with one attached hydrogen (secondary N) is 2. The van der Waals surface area contributed by atoms with Crippen LogP contribution in [0.5, 0.6) is 0 Å². The minimum absolute atomic E-state index is 0.000213. The van der Waals surface area contributed by atoms with Crippen LogP contribution in [0.15, 0.2) is 12.8 Å². The van der Waals surface area contributed by atoms with Gasteiger partial charge in [-0.2, -0.15) is 0 Å². The maximum Gasteiger partial charge on any atom is 0.257 e. The number of amides is 1. The topological polar surface area (TPSA) is 67.4 Å². The molecule has 0 aromatic carbocycles. The third-order valence-electron chi connectivity index (χ3n) is 3.24. The summed E-state index contributed by atoms with van der Waals surface area (Å²) in [6, 6.07) is -0.158. The van der Waals surface area contributed by atoms with E-state index in [2.05, 4.69) is 38.0 Å². The van der Waals surface area contributed by atoms with Gasteiger partial charge in [-0.05, 0) is 40.0 Å². The van der Waals surface area contributed by atoms with Crippen LogP contribution in [0.25, 0.3) is 0 Å². The highest BCUT2D eigenvalue weighted by Crippen LogP contribution is 2.21. The Morgan fingerprint density at radius 1 is 1.13 bits per heavy atom. The largest absolute Gasteiger partial charge is 0.492 e. The Bertz CT molecular complexity index is 392. The van der Waals surface area contributed by atoms with E-state index in [1.807, 2.05) is 20.8 Å². The normalized spacial score (nSPS) is 13.3. The van der Waals surface area contributed by atoms with Crippen molar-refractivity contribution in [3.63, 3.8) is 0 Å². The summed E-state index contributed by atoms with van der Waals surface area (Å²) in [4.78, 5) is 24.0. The molecule has 2 N–H and O–H groups in total. The van der Waals surface area contributed by atoms with Crippen LogP contribution in [0.3, 0.4) is 0 Å². The third kappa shape index (κ3) is 10.9.